The van der Waals surface area contributed by atoms with E-state index < -0.39 is 0 Å². The van der Waals surface area contributed by atoms with Crippen molar-refractivity contribution in [3.05, 3.63) is 23.6 Å². The van der Waals surface area contributed by atoms with Gasteiger partial charge in [-0.3, -0.25) is 0 Å². The van der Waals surface area contributed by atoms with E-state index in [-0.39, 0.29) is 0 Å². The Kier molecular flexibility index (Phi) is 6.77. The first-order valence-corrected chi connectivity index (χ1v) is 8.69. The van der Waals surface area contributed by atoms with E-state index in [9.17, 15) is 0 Å². The summed E-state index contributed by atoms with van der Waals surface area (Å²) in [5, 5.41) is 3.26. The van der Waals surface area contributed by atoms with Crippen molar-refractivity contribution in [1.29, 1.82) is 0 Å². The maximum Gasteiger partial charge on any atom is 0.162 e. The van der Waals surface area contributed by atoms with Crippen LogP contribution in [0.4, 0.5) is 0 Å². The summed E-state index contributed by atoms with van der Waals surface area (Å²) in [6.45, 7) is 1.27. The van der Waals surface area contributed by atoms with Gasteiger partial charge in [0.05, 0.1) is 13.2 Å². The van der Waals surface area contributed by atoms with E-state index in [4.69, 9.17) is 32.7 Å². The van der Waals surface area contributed by atoms with Crippen LogP contribution in [0.3, 0.4) is 0 Å². The molecule has 0 saturated carbocycles. The molecule has 0 atom stereocenters. The monoisotopic (exact) mass is 332 g/mol. The lowest BCUT2D eigenvalue weighted by Gasteiger charge is -2.13. The molecule has 2 nitrogen and oxygen atoms in total. The third-order valence-electron chi connectivity index (χ3n) is 2.84. The van der Waals surface area contributed by atoms with Gasteiger partial charge in [0.1, 0.15) is 0 Å². The van der Waals surface area contributed by atoms with Crippen LogP contribution in [0.25, 0.3) is 10.1 Å². The van der Waals surface area contributed by atoms with Crippen LogP contribution in [-0.2, 0) is 0 Å². The third-order valence-corrected chi connectivity index (χ3v) is 4.25. The highest BCUT2D eigenvalue weighted by Crippen LogP contribution is 2.35. The van der Waals surface area contributed by atoms with Crippen LogP contribution in [-0.4, -0.2) is 25.0 Å². The largest absolute Gasteiger partial charge is 0.490 e. The highest BCUT2D eigenvalue weighted by atomic mass is 35.5. The molecule has 0 fully saturated rings. The Hall–Kier alpha value is -0.640. The molecule has 1 aromatic heterocycles. The Morgan fingerprint density at radius 2 is 1.60 bits per heavy atom. The molecule has 0 amide bonds. The fourth-order valence-corrected chi connectivity index (χ4v) is 2.91. The fourth-order valence-electron chi connectivity index (χ4n) is 1.81. The van der Waals surface area contributed by atoms with E-state index >= 15 is 0 Å². The lowest BCUT2D eigenvalue weighted by atomic mass is 10.2. The average Bonchev–Trinajstić information content (AvgIpc) is 2.91. The van der Waals surface area contributed by atoms with Gasteiger partial charge in [0, 0.05) is 22.5 Å². The van der Waals surface area contributed by atoms with Crippen LogP contribution >= 0.6 is 34.5 Å². The molecule has 0 aliphatic heterocycles. The summed E-state index contributed by atoms with van der Waals surface area (Å²) in [6.07, 6.45) is 2.74. The quantitative estimate of drug-likeness (QED) is 0.457. The van der Waals surface area contributed by atoms with E-state index in [0.29, 0.717) is 25.0 Å². The highest BCUT2D eigenvalue weighted by molar-refractivity contribution is 7.17. The molecule has 0 unspecified atom stereocenters. The van der Waals surface area contributed by atoms with Crippen LogP contribution in [0, 0.1) is 0 Å². The number of alkyl halides is 2. The second-order valence-corrected chi connectivity index (χ2v) is 6.10. The van der Waals surface area contributed by atoms with Crippen molar-refractivity contribution in [2.45, 2.75) is 19.3 Å². The maximum absolute atomic E-state index is 5.84. The van der Waals surface area contributed by atoms with Crippen molar-refractivity contribution in [1.82, 2.24) is 0 Å². The lowest BCUT2D eigenvalue weighted by Crippen LogP contribution is -2.03. The molecule has 0 radical (unpaired) electrons. The molecule has 0 N–H and O–H groups in total. The zero-order valence-corrected chi connectivity index (χ0v) is 13.6. The first kappa shape index (κ1) is 15.7. The predicted octanol–water partition coefficient (Wildman–Crippen LogP) is 5.31. The van der Waals surface area contributed by atoms with Gasteiger partial charge >= 0.3 is 0 Å². The van der Waals surface area contributed by atoms with Crippen LogP contribution < -0.4 is 9.47 Å². The van der Waals surface area contributed by atoms with Gasteiger partial charge in [-0.05, 0) is 42.2 Å². The summed E-state index contributed by atoms with van der Waals surface area (Å²) in [4.78, 5) is 0. The standard InChI is InChI=1S/C15H18Cl2O2S/c16-5-1-2-7-18-14-11-15-12(4-9-20-15)10-13(14)19-8-3-6-17/h4,9-11H,1-3,5-8H2. The summed E-state index contributed by atoms with van der Waals surface area (Å²) >= 11 is 13.1. The van der Waals surface area contributed by atoms with Crippen molar-refractivity contribution < 1.29 is 9.47 Å². The van der Waals surface area contributed by atoms with Crippen LogP contribution in [0.5, 0.6) is 11.5 Å². The minimum Gasteiger partial charge on any atom is -0.490 e. The van der Waals surface area contributed by atoms with Gasteiger partial charge in [-0.1, -0.05) is 0 Å². The summed E-state index contributed by atoms with van der Waals surface area (Å²) in [5.74, 6) is 2.88. The van der Waals surface area contributed by atoms with Gasteiger partial charge < -0.3 is 9.47 Å². The number of hydrogen-bond donors (Lipinski definition) is 0. The second-order valence-electron chi connectivity index (χ2n) is 4.39. The zero-order chi connectivity index (χ0) is 14.2. The zero-order valence-electron chi connectivity index (χ0n) is 11.2. The van der Waals surface area contributed by atoms with Crippen molar-refractivity contribution in [3.8, 4) is 11.5 Å². The van der Waals surface area contributed by atoms with Crippen molar-refractivity contribution in [2.75, 3.05) is 25.0 Å². The Labute approximate surface area is 133 Å². The number of thiophene rings is 1. The van der Waals surface area contributed by atoms with Crippen LogP contribution in [0.1, 0.15) is 19.3 Å². The molecule has 2 aromatic rings. The van der Waals surface area contributed by atoms with Gasteiger partial charge in [-0.15, -0.1) is 34.5 Å². The molecule has 20 heavy (non-hydrogen) atoms. The Morgan fingerprint density at radius 3 is 2.35 bits per heavy atom. The average molecular weight is 333 g/mol. The van der Waals surface area contributed by atoms with Gasteiger partial charge in [0.15, 0.2) is 11.5 Å². The first-order valence-electron chi connectivity index (χ1n) is 6.74. The Bertz CT molecular complexity index is 528. The molecule has 0 aliphatic rings. The molecule has 0 spiro atoms. The summed E-state index contributed by atoms with van der Waals surface area (Å²) in [6, 6.07) is 6.18. The summed E-state index contributed by atoms with van der Waals surface area (Å²) in [7, 11) is 0. The topological polar surface area (TPSA) is 18.5 Å². The van der Waals surface area contributed by atoms with Crippen molar-refractivity contribution in [3.63, 3.8) is 0 Å². The molecule has 0 aliphatic carbocycles. The summed E-state index contributed by atoms with van der Waals surface area (Å²) in [5.41, 5.74) is 0. The number of rotatable bonds is 9. The van der Waals surface area contributed by atoms with E-state index in [1.54, 1.807) is 11.3 Å². The maximum atomic E-state index is 5.84. The SMILES string of the molecule is ClCCCCOc1cc2sccc2cc1OCCCCl. The number of ether oxygens (including phenoxy) is 2. The molecule has 0 saturated heterocycles. The minimum atomic E-state index is 0.604. The molecule has 0 bridgehead atoms. The molecule has 2 rings (SSSR count). The van der Waals surface area contributed by atoms with Crippen LogP contribution in [0.2, 0.25) is 0 Å². The Morgan fingerprint density at radius 1 is 0.900 bits per heavy atom. The minimum absolute atomic E-state index is 0.604. The van der Waals surface area contributed by atoms with E-state index in [1.165, 1.54) is 10.1 Å². The lowest BCUT2D eigenvalue weighted by molar-refractivity contribution is 0.266. The van der Waals surface area contributed by atoms with E-state index in [2.05, 4.69) is 17.5 Å². The first-order chi connectivity index (χ1) is 9.85. The van der Waals surface area contributed by atoms with Gasteiger partial charge in [-0.25, -0.2) is 0 Å². The van der Waals surface area contributed by atoms with Crippen LogP contribution in [0.15, 0.2) is 23.6 Å². The highest BCUT2D eigenvalue weighted by Gasteiger charge is 2.08. The normalized spacial score (nSPS) is 10.9. The smallest absolute Gasteiger partial charge is 0.162 e. The van der Waals surface area contributed by atoms with Crippen molar-refractivity contribution >= 4 is 44.6 Å². The second kappa shape index (κ2) is 8.60. The molecule has 1 heterocycles. The third kappa shape index (κ3) is 4.44. The number of halogens is 2. The molecular weight excluding hydrogens is 315 g/mol. The van der Waals surface area contributed by atoms with Gasteiger partial charge in [0.2, 0.25) is 0 Å². The Balaban J connectivity index is 2.08. The predicted molar refractivity (Wildman–Crippen MR) is 88.1 cm³/mol. The number of fused-ring (bicyclic) bond motifs is 1. The fraction of sp³-hybridized carbons (Fsp3) is 0.467. The number of benzene rings is 1. The number of unbranched alkanes of at least 4 members (excludes halogenated alkanes) is 1. The van der Waals surface area contributed by atoms with Gasteiger partial charge in [-0.2, -0.15) is 0 Å². The molecule has 110 valence electrons. The van der Waals surface area contributed by atoms with Crippen molar-refractivity contribution in [2.24, 2.45) is 0 Å². The molecule has 1 aromatic carbocycles. The molecule has 5 heteroatoms. The number of hydrogen-bond acceptors (Lipinski definition) is 3. The molecular formula is C15H18Cl2O2S. The van der Waals surface area contributed by atoms with E-state index in [1.807, 2.05) is 6.07 Å². The van der Waals surface area contributed by atoms with Gasteiger partial charge in [0.25, 0.3) is 0 Å². The summed E-state index contributed by atoms with van der Waals surface area (Å²) < 4.78 is 12.8. The van der Waals surface area contributed by atoms with E-state index in [0.717, 1.165) is 30.8 Å².